The molecule has 2 saturated carbocycles. The largest absolute Gasteiger partial charge is 0.493 e. The Labute approximate surface area is 468 Å². The van der Waals surface area contributed by atoms with E-state index in [0.717, 1.165) is 75.3 Å². The molecule has 0 bridgehead atoms. The molecule has 0 radical (unpaired) electrons. The smallest absolute Gasteiger partial charge is 0.251 e. The summed E-state index contributed by atoms with van der Waals surface area (Å²) in [6.07, 6.45) is 10.1. The van der Waals surface area contributed by atoms with Crippen LogP contribution in [0.4, 0.5) is 0 Å². The molecular weight excluding hydrogens is 1020 g/mol. The number of likely N-dealkylation sites (tertiary alicyclic amines) is 2. The van der Waals surface area contributed by atoms with Crippen molar-refractivity contribution in [3.05, 3.63) is 95.1 Å². The van der Waals surface area contributed by atoms with Gasteiger partial charge in [-0.2, -0.15) is 0 Å². The topological polar surface area (TPSA) is 258 Å². The Morgan fingerprint density at radius 1 is 0.487 bits per heavy atom. The maximum Gasteiger partial charge on any atom is 0.251 e. The zero-order valence-corrected chi connectivity index (χ0v) is 46.6. The number of amides is 8. The number of hydrogen-bond donors (Lipinski definition) is 8. The van der Waals surface area contributed by atoms with Crippen LogP contribution >= 0.6 is 0 Å². The van der Waals surface area contributed by atoms with E-state index in [9.17, 15) is 38.4 Å². The van der Waals surface area contributed by atoms with Crippen LogP contribution in [0.5, 0.6) is 11.5 Å². The van der Waals surface area contributed by atoms with Gasteiger partial charge in [-0.15, -0.1) is 0 Å². The Bertz CT molecular complexity index is 2550. The first kappa shape index (κ1) is 57.6. The molecule has 10 atom stereocenters. The van der Waals surface area contributed by atoms with Gasteiger partial charge in [0.1, 0.15) is 35.7 Å². The van der Waals surface area contributed by atoms with Gasteiger partial charge >= 0.3 is 0 Å². The fourth-order valence-corrected chi connectivity index (χ4v) is 12.6. The zero-order chi connectivity index (χ0) is 56.5. The second-order valence-corrected chi connectivity index (χ2v) is 22.7. The predicted octanol–water partition coefficient (Wildman–Crippen LogP) is 3.71. The number of fused-ring (bicyclic) bond motifs is 2. The highest BCUT2D eigenvalue weighted by molar-refractivity contribution is 5.99. The fraction of sp³-hybridized carbons (Fsp3) is 0.567. The zero-order valence-electron chi connectivity index (χ0n) is 46.6. The van der Waals surface area contributed by atoms with Crippen molar-refractivity contribution in [3.8, 4) is 11.5 Å². The highest BCUT2D eigenvalue weighted by Gasteiger charge is 2.47. The molecular formula is C60H80N10O10. The van der Waals surface area contributed by atoms with Crippen LogP contribution in [-0.2, 0) is 28.8 Å². The van der Waals surface area contributed by atoms with Crippen molar-refractivity contribution in [2.45, 2.75) is 164 Å². The lowest BCUT2D eigenvalue weighted by Gasteiger charge is -2.35. The second kappa shape index (κ2) is 26.5. The lowest BCUT2D eigenvalue weighted by Crippen LogP contribution is -2.58. The molecule has 6 aliphatic rings. The molecule has 4 aliphatic heterocycles. The fourth-order valence-electron chi connectivity index (χ4n) is 12.6. The van der Waals surface area contributed by atoms with E-state index in [4.69, 9.17) is 9.47 Å². The molecule has 4 fully saturated rings. The molecule has 430 valence electrons. The third-order valence-electron chi connectivity index (χ3n) is 17.4. The average Bonchev–Trinajstić information content (AvgIpc) is 4.12. The van der Waals surface area contributed by atoms with E-state index in [2.05, 4.69) is 42.5 Å². The van der Waals surface area contributed by atoms with Crippen molar-refractivity contribution in [1.29, 1.82) is 0 Å². The number of para-hydroxylation sites is 2. The van der Waals surface area contributed by atoms with E-state index in [-0.39, 0.29) is 96.4 Å². The Kier molecular flexibility index (Phi) is 19.1. The normalized spacial score (nSPS) is 24.4. The minimum Gasteiger partial charge on any atom is -0.493 e. The molecule has 4 heterocycles. The van der Waals surface area contributed by atoms with Crippen LogP contribution in [0.2, 0.25) is 0 Å². The highest BCUT2D eigenvalue weighted by Crippen LogP contribution is 2.36. The molecule has 20 nitrogen and oxygen atoms in total. The summed E-state index contributed by atoms with van der Waals surface area (Å²) in [6.45, 7) is 4.31. The molecule has 0 aromatic heterocycles. The maximum absolute atomic E-state index is 14.9. The molecule has 2 saturated heterocycles. The minimum absolute atomic E-state index is 0.0271. The van der Waals surface area contributed by atoms with Crippen molar-refractivity contribution in [2.24, 2.45) is 11.8 Å². The number of carbonyl (C=O) groups is 8. The lowest BCUT2D eigenvalue weighted by molar-refractivity contribution is -0.143. The van der Waals surface area contributed by atoms with Crippen molar-refractivity contribution in [3.63, 3.8) is 0 Å². The third kappa shape index (κ3) is 13.4. The molecule has 8 amide bonds. The van der Waals surface area contributed by atoms with Gasteiger partial charge in [0.15, 0.2) is 0 Å². The van der Waals surface area contributed by atoms with Gasteiger partial charge in [-0.05, 0) is 115 Å². The number of ether oxygens (including phenoxy) is 2. The van der Waals surface area contributed by atoms with Crippen molar-refractivity contribution < 1.29 is 47.8 Å². The Balaban J connectivity index is 0.896. The van der Waals surface area contributed by atoms with E-state index in [0.29, 0.717) is 37.6 Å². The summed E-state index contributed by atoms with van der Waals surface area (Å²) in [6, 6.07) is 14.4. The molecule has 3 aromatic rings. The van der Waals surface area contributed by atoms with Crippen molar-refractivity contribution >= 4 is 47.3 Å². The van der Waals surface area contributed by atoms with E-state index >= 15 is 0 Å². The van der Waals surface area contributed by atoms with E-state index in [1.54, 1.807) is 27.9 Å². The van der Waals surface area contributed by atoms with Gasteiger partial charge in [-0.25, -0.2) is 0 Å². The van der Waals surface area contributed by atoms with E-state index in [1.165, 1.54) is 34.1 Å². The first-order chi connectivity index (χ1) is 38.7. The standard InChI is InChI=1S/C60H80N10O10/c1-35(61-3)53(71)67-51(37-15-7-5-8-16-37)59(77)69-33-41(31-47(69)57(75)65-45-27-29-79-49-21-13-11-19-43(45)49)63-55(73)39-23-25-40(26-24-39)56(74)64-42-32-48(58(76)66-46-28-30-80-50-22-14-12-20-44(46)50)70(34-42)60(78)52(38-17-9-6-10-18-38)68-54(72)36(2)62-4/h11-14,19-26,35-38,41-42,45-48,51-52,61-62H,5-10,15-18,27-34H2,1-4H3,(H,63,73)(H,64,74)(H,65,75)(H,66,76)(H,67,71)(H,68,72)/t35-,36-,41-,42?,45+,46+,47-,48-,51-,52-/m0/s1. The molecule has 80 heavy (non-hydrogen) atoms. The summed E-state index contributed by atoms with van der Waals surface area (Å²) >= 11 is 0. The van der Waals surface area contributed by atoms with Crippen LogP contribution in [0.25, 0.3) is 0 Å². The van der Waals surface area contributed by atoms with Crippen molar-refractivity contribution in [2.75, 3.05) is 40.4 Å². The molecule has 2 aliphatic carbocycles. The minimum atomic E-state index is -0.955. The first-order valence-electron chi connectivity index (χ1n) is 29.0. The van der Waals surface area contributed by atoms with Gasteiger partial charge in [0.25, 0.3) is 11.8 Å². The summed E-state index contributed by atoms with van der Waals surface area (Å²) in [5, 5.41) is 24.4. The summed E-state index contributed by atoms with van der Waals surface area (Å²) in [5.74, 6) is -1.93. The maximum atomic E-state index is 14.9. The van der Waals surface area contributed by atoms with Gasteiger partial charge in [-0.3, -0.25) is 38.4 Å². The Hall–Kier alpha value is -7.06. The molecule has 3 aromatic carbocycles. The summed E-state index contributed by atoms with van der Waals surface area (Å²) in [5.41, 5.74) is 2.16. The first-order valence-corrected chi connectivity index (χ1v) is 29.0. The van der Waals surface area contributed by atoms with E-state index in [1.807, 2.05) is 48.5 Å². The van der Waals surface area contributed by atoms with Crippen LogP contribution in [0.3, 0.4) is 0 Å². The number of likely N-dealkylation sites (N-methyl/N-ethyl adjacent to an activating group) is 2. The number of nitrogens with zero attached hydrogens (tertiary/aromatic N) is 2. The van der Waals surface area contributed by atoms with Gasteiger partial charge in [-0.1, -0.05) is 74.9 Å². The molecule has 0 spiro atoms. The second-order valence-electron chi connectivity index (χ2n) is 22.7. The summed E-state index contributed by atoms with van der Waals surface area (Å²) in [7, 11) is 3.36. The van der Waals surface area contributed by atoms with Gasteiger partial charge in [0, 0.05) is 60.3 Å². The van der Waals surface area contributed by atoms with Crippen LogP contribution < -0.4 is 52.0 Å². The Morgan fingerprint density at radius 3 is 1.24 bits per heavy atom. The number of benzene rings is 3. The number of rotatable bonds is 18. The molecule has 20 heteroatoms. The number of hydrogen-bond acceptors (Lipinski definition) is 12. The van der Waals surface area contributed by atoms with Gasteiger partial charge < -0.3 is 61.8 Å². The van der Waals surface area contributed by atoms with Gasteiger partial charge in [0.2, 0.25) is 35.4 Å². The van der Waals surface area contributed by atoms with Crippen molar-refractivity contribution in [1.82, 2.24) is 52.3 Å². The molecule has 9 rings (SSSR count). The van der Waals surface area contributed by atoms with Crippen LogP contribution in [0, 0.1) is 11.8 Å². The highest BCUT2D eigenvalue weighted by atomic mass is 16.5. The molecule has 8 N–H and O–H groups in total. The molecule has 1 unspecified atom stereocenters. The third-order valence-corrected chi connectivity index (χ3v) is 17.4. The Morgan fingerprint density at radius 2 is 0.863 bits per heavy atom. The average molecular weight is 1100 g/mol. The lowest BCUT2D eigenvalue weighted by atomic mass is 9.83. The van der Waals surface area contributed by atoms with E-state index < -0.39 is 60.1 Å². The quantitative estimate of drug-likeness (QED) is 0.0908. The number of carbonyl (C=O) groups excluding carboxylic acids is 8. The van der Waals surface area contributed by atoms with Crippen LogP contribution in [0.1, 0.15) is 148 Å². The number of nitrogens with one attached hydrogen (secondary N) is 8. The van der Waals surface area contributed by atoms with Gasteiger partial charge in [0.05, 0.1) is 37.4 Å². The SMILES string of the molecule is CN[C@@H](C)C(=O)N[C@H](C(=O)N1CC(NC(=O)c2ccc(C(=O)N[C@H]3C[C@@H](C(=O)N[C@@H]4CCOc5ccccc54)N(C(=O)[C@@H](NC(=O)[C@H](C)NC)C4CCCCC4)C3)cc2)C[C@H]1C(=O)N[C@@H]1CCOc2ccccc21)C1CCCCC1. The van der Waals surface area contributed by atoms with Crippen LogP contribution in [0.15, 0.2) is 72.8 Å². The van der Waals surface area contributed by atoms with Crippen LogP contribution in [-0.4, -0.2) is 146 Å². The predicted molar refractivity (Wildman–Crippen MR) is 298 cm³/mol. The summed E-state index contributed by atoms with van der Waals surface area (Å²) in [4.78, 5) is 117. The monoisotopic (exact) mass is 1100 g/mol. The summed E-state index contributed by atoms with van der Waals surface area (Å²) < 4.78 is 11.7.